The van der Waals surface area contributed by atoms with Crippen molar-refractivity contribution in [3.8, 4) is 0 Å². The Bertz CT molecular complexity index is 307. The van der Waals surface area contributed by atoms with Crippen LogP contribution >= 0.6 is 0 Å². The van der Waals surface area contributed by atoms with E-state index in [0.29, 0.717) is 17.9 Å². The first-order valence-corrected chi connectivity index (χ1v) is 8.31. The highest BCUT2D eigenvalue weighted by Gasteiger charge is 2.27. The van der Waals surface area contributed by atoms with Crippen LogP contribution in [-0.4, -0.2) is 61.0 Å². The van der Waals surface area contributed by atoms with Crippen molar-refractivity contribution in [3.63, 3.8) is 0 Å². The van der Waals surface area contributed by atoms with Gasteiger partial charge in [-0.25, -0.2) is 0 Å². The Labute approximate surface area is 123 Å². The van der Waals surface area contributed by atoms with Crippen molar-refractivity contribution >= 4 is 5.91 Å². The van der Waals surface area contributed by atoms with Crippen LogP contribution < -0.4 is 5.32 Å². The van der Waals surface area contributed by atoms with Crippen LogP contribution in [0.2, 0.25) is 0 Å². The number of carbonyl (C=O) groups is 1. The molecule has 1 N–H and O–H groups in total. The first kappa shape index (κ1) is 15.8. The summed E-state index contributed by atoms with van der Waals surface area (Å²) >= 11 is 0. The lowest BCUT2D eigenvalue weighted by Crippen LogP contribution is -2.51. The van der Waals surface area contributed by atoms with E-state index in [9.17, 15) is 4.79 Å². The molecule has 20 heavy (non-hydrogen) atoms. The van der Waals surface area contributed by atoms with Crippen molar-refractivity contribution < 1.29 is 4.79 Å². The predicted octanol–water partition coefficient (Wildman–Crippen LogP) is 1.71. The molecule has 116 valence electrons. The summed E-state index contributed by atoms with van der Waals surface area (Å²) in [7, 11) is 2.19. The first-order chi connectivity index (χ1) is 9.58. The minimum Gasteiger partial charge on any atom is -0.341 e. The molecule has 2 fully saturated rings. The zero-order valence-electron chi connectivity index (χ0n) is 13.4. The average Bonchev–Trinajstić information content (AvgIpc) is 2.48. The fourth-order valence-corrected chi connectivity index (χ4v) is 3.52. The Morgan fingerprint density at radius 3 is 2.25 bits per heavy atom. The van der Waals surface area contributed by atoms with E-state index in [2.05, 4.69) is 24.2 Å². The van der Waals surface area contributed by atoms with Gasteiger partial charge in [0.15, 0.2) is 0 Å². The first-order valence-electron chi connectivity index (χ1n) is 8.31. The molecule has 0 bridgehead atoms. The molecule has 0 aliphatic carbocycles. The third-order valence-corrected chi connectivity index (χ3v) is 5.02. The van der Waals surface area contributed by atoms with Gasteiger partial charge in [-0.05, 0) is 72.0 Å². The molecule has 2 unspecified atom stereocenters. The van der Waals surface area contributed by atoms with E-state index >= 15 is 0 Å². The zero-order valence-corrected chi connectivity index (χ0v) is 13.4. The normalized spacial score (nSPS) is 25.4. The molecule has 4 nitrogen and oxygen atoms in total. The van der Waals surface area contributed by atoms with Gasteiger partial charge in [-0.1, -0.05) is 0 Å². The van der Waals surface area contributed by atoms with Crippen LogP contribution in [0.3, 0.4) is 0 Å². The Balaban J connectivity index is 1.77. The van der Waals surface area contributed by atoms with Crippen LogP contribution in [0, 0.1) is 5.92 Å². The van der Waals surface area contributed by atoms with E-state index in [-0.39, 0.29) is 6.04 Å². The van der Waals surface area contributed by atoms with E-state index in [1.54, 1.807) is 0 Å². The molecule has 0 aromatic rings. The van der Waals surface area contributed by atoms with Crippen molar-refractivity contribution in [1.82, 2.24) is 15.1 Å². The maximum Gasteiger partial charge on any atom is 0.239 e. The highest BCUT2D eigenvalue weighted by Crippen LogP contribution is 2.20. The molecular formula is C16H31N3O. The maximum atomic E-state index is 12.4. The van der Waals surface area contributed by atoms with Crippen LogP contribution in [0.5, 0.6) is 0 Å². The lowest BCUT2D eigenvalue weighted by atomic mass is 9.90. The van der Waals surface area contributed by atoms with Gasteiger partial charge >= 0.3 is 0 Å². The van der Waals surface area contributed by atoms with Gasteiger partial charge in [-0.2, -0.15) is 0 Å². The molecule has 0 spiro atoms. The Morgan fingerprint density at radius 2 is 1.65 bits per heavy atom. The quantitative estimate of drug-likeness (QED) is 0.852. The minimum absolute atomic E-state index is 0.0391. The van der Waals surface area contributed by atoms with Crippen LogP contribution in [0.4, 0.5) is 0 Å². The Kier molecular flexibility index (Phi) is 5.85. The molecule has 0 aromatic carbocycles. The van der Waals surface area contributed by atoms with Gasteiger partial charge in [0.05, 0.1) is 6.04 Å². The van der Waals surface area contributed by atoms with E-state index < -0.39 is 0 Å². The van der Waals surface area contributed by atoms with Gasteiger partial charge in [-0.15, -0.1) is 0 Å². The molecular weight excluding hydrogens is 250 g/mol. The molecule has 2 aliphatic heterocycles. The number of piperidine rings is 2. The summed E-state index contributed by atoms with van der Waals surface area (Å²) in [4.78, 5) is 16.9. The van der Waals surface area contributed by atoms with E-state index in [1.165, 1.54) is 45.2 Å². The summed E-state index contributed by atoms with van der Waals surface area (Å²) in [5.41, 5.74) is 0. The number of hydrogen-bond donors (Lipinski definition) is 1. The minimum atomic E-state index is -0.0391. The van der Waals surface area contributed by atoms with Crippen molar-refractivity contribution in [2.24, 2.45) is 5.92 Å². The second-order valence-corrected chi connectivity index (χ2v) is 6.70. The fraction of sp³-hybridized carbons (Fsp3) is 0.938. The van der Waals surface area contributed by atoms with Crippen LogP contribution in [0.25, 0.3) is 0 Å². The monoisotopic (exact) mass is 281 g/mol. The number of hydrogen-bond acceptors (Lipinski definition) is 3. The highest BCUT2D eigenvalue weighted by atomic mass is 16.2. The largest absolute Gasteiger partial charge is 0.341 e. The van der Waals surface area contributed by atoms with Gasteiger partial charge < -0.3 is 15.1 Å². The van der Waals surface area contributed by atoms with Crippen LogP contribution in [-0.2, 0) is 4.79 Å². The second kappa shape index (κ2) is 7.41. The summed E-state index contributed by atoms with van der Waals surface area (Å²) in [6, 6.07) is 0.398. The van der Waals surface area contributed by atoms with E-state index in [1.807, 2.05) is 11.8 Å². The van der Waals surface area contributed by atoms with Crippen LogP contribution in [0.1, 0.15) is 46.0 Å². The highest BCUT2D eigenvalue weighted by molar-refractivity contribution is 5.81. The van der Waals surface area contributed by atoms with Gasteiger partial charge in [0.1, 0.15) is 0 Å². The molecule has 2 saturated heterocycles. The number of carbonyl (C=O) groups excluding carboxylic acids is 1. The van der Waals surface area contributed by atoms with E-state index in [0.717, 1.165) is 13.1 Å². The van der Waals surface area contributed by atoms with Gasteiger partial charge in [0.25, 0.3) is 0 Å². The number of likely N-dealkylation sites (tertiary alicyclic amines) is 2. The third kappa shape index (κ3) is 4.19. The van der Waals surface area contributed by atoms with Crippen molar-refractivity contribution in [3.05, 3.63) is 0 Å². The molecule has 0 radical (unpaired) electrons. The van der Waals surface area contributed by atoms with Crippen molar-refractivity contribution in [2.45, 2.75) is 58.0 Å². The second-order valence-electron chi connectivity index (χ2n) is 6.70. The fourth-order valence-electron chi connectivity index (χ4n) is 3.52. The number of rotatable bonds is 4. The van der Waals surface area contributed by atoms with Gasteiger partial charge in [0, 0.05) is 19.1 Å². The zero-order chi connectivity index (χ0) is 14.5. The third-order valence-electron chi connectivity index (χ3n) is 5.02. The maximum absolute atomic E-state index is 12.4. The Morgan fingerprint density at radius 1 is 1.05 bits per heavy atom. The number of amides is 1. The standard InChI is InChI=1S/C16H31N3O/c1-13(15-7-11-18(3)12-8-15)17-14(2)16(20)19-9-5-4-6-10-19/h13-15,17H,4-12H2,1-3H3. The molecule has 2 rings (SSSR count). The molecule has 4 heteroatoms. The topological polar surface area (TPSA) is 35.6 Å². The molecule has 2 aliphatic rings. The number of nitrogens with zero attached hydrogens (tertiary/aromatic N) is 2. The van der Waals surface area contributed by atoms with Gasteiger partial charge in [0.2, 0.25) is 5.91 Å². The lowest BCUT2D eigenvalue weighted by molar-refractivity contribution is -0.134. The predicted molar refractivity (Wildman–Crippen MR) is 82.7 cm³/mol. The van der Waals surface area contributed by atoms with Gasteiger partial charge in [-0.3, -0.25) is 4.79 Å². The summed E-state index contributed by atoms with van der Waals surface area (Å²) in [5, 5.41) is 3.55. The molecule has 1 amide bonds. The molecule has 0 aromatic heterocycles. The lowest BCUT2D eigenvalue weighted by Gasteiger charge is -2.35. The average molecular weight is 281 g/mol. The molecule has 2 atom stereocenters. The number of nitrogens with one attached hydrogen (secondary N) is 1. The molecule has 2 heterocycles. The van der Waals surface area contributed by atoms with Crippen LogP contribution in [0.15, 0.2) is 0 Å². The summed E-state index contributed by atoms with van der Waals surface area (Å²) < 4.78 is 0. The van der Waals surface area contributed by atoms with Crippen molar-refractivity contribution in [1.29, 1.82) is 0 Å². The molecule has 0 saturated carbocycles. The summed E-state index contributed by atoms with van der Waals surface area (Å²) in [6.07, 6.45) is 6.11. The van der Waals surface area contributed by atoms with Crippen molar-refractivity contribution in [2.75, 3.05) is 33.2 Å². The summed E-state index contributed by atoms with van der Waals surface area (Å²) in [6.45, 7) is 8.55. The SMILES string of the molecule is CC(NC(C)C1CCN(C)CC1)C(=O)N1CCCCC1. The summed E-state index contributed by atoms with van der Waals surface area (Å²) in [5.74, 6) is 1.01. The smallest absolute Gasteiger partial charge is 0.239 e. The Hall–Kier alpha value is -0.610. The van der Waals surface area contributed by atoms with E-state index in [4.69, 9.17) is 0 Å².